The molecule has 3 aromatic rings. The molecule has 2 aliphatic heterocycles. The minimum atomic E-state index is -1.48. The Kier molecular flexibility index (Phi) is 11.1. The summed E-state index contributed by atoms with van der Waals surface area (Å²) in [4.78, 5) is 39.9. The molecule has 0 bridgehead atoms. The smallest absolute Gasteiger partial charge is 0.340 e. The van der Waals surface area contributed by atoms with Gasteiger partial charge < -0.3 is 40.7 Å². The lowest BCUT2D eigenvalue weighted by Gasteiger charge is -2.22. The summed E-state index contributed by atoms with van der Waals surface area (Å²) in [6, 6.07) is 3.13. The number of aromatic nitrogens is 2. The van der Waals surface area contributed by atoms with Gasteiger partial charge in [0.25, 0.3) is 5.56 Å². The Morgan fingerprint density at radius 3 is 2.61 bits per heavy atom. The van der Waals surface area contributed by atoms with Crippen LogP contribution in [0.25, 0.3) is 22.3 Å². The van der Waals surface area contributed by atoms with E-state index in [1.807, 2.05) is 13.8 Å². The summed E-state index contributed by atoms with van der Waals surface area (Å²) in [5.74, 6) is 3.97. The van der Waals surface area contributed by atoms with Crippen LogP contribution in [-0.2, 0) is 45.1 Å². The molecule has 46 heavy (non-hydrogen) atoms. The number of amides is 1. The number of hydrogen-bond acceptors (Lipinski definition) is 11. The van der Waals surface area contributed by atoms with E-state index >= 15 is 0 Å². The van der Waals surface area contributed by atoms with Gasteiger partial charge in [-0.15, -0.1) is 0 Å². The van der Waals surface area contributed by atoms with Crippen molar-refractivity contribution in [2.75, 3.05) is 26.4 Å². The third-order valence-corrected chi connectivity index (χ3v) is 7.99. The van der Waals surface area contributed by atoms with Crippen LogP contribution in [0, 0.1) is 12.7 Å². The molecule has 0 spiro atoms. The van der Waals surface area contributed by atoms with Gasteiger partial charge in [0, 0.05) is 35.2 Å². The Hall–Kier alpha value is -4.37. The third-order valence-electron chi connectivity index (χ3n) is 7.99. The molecule has 4 heterocycles. The summed E-state index contributed by atoms with van der Waals surface area (Å²) in [5.41, 5.74) is 16.7. The fraction of sp³-hybridized carbons (Fsp3) is 0.438. The average molecular weight is 641 g/mol. The lowest BCUT2D eigenvalue weighted by atomic mass is 9.85. The molecule has 13 nitrogen and oxygen atoms in total. The van der Waals surface area contributed by atoms with Crippen LogP contribution < -0.4 is 22.9 Å². The number of nitrogens with zero attached hydrogens (tertiary/aromatic N) is 3. The summed E-state index contributed by atoms with van der Waals surface area (Å²) in [7, 11) is 0. The number of esters is 1. The van der Waals surface area contributed by atoms with Crippen molar-refractivity contribution in [2.45, 2.75) is 65.7 Å². The van der Waals surface area contributed by atoms with Crippen molar-refractivity contribution in [1.82, 2.24) is 14.6 Å². The van der Waals surface area contributed by atoms with E-state index in [1.165, 1.54) is 17.3 Å². The summed E-state index contributed by atoms with van der Waals surface area (Å²) in [6.07, 6.45) is 2.74. The highest BCUT2D eigenvalue weighted by molar-refractivity contribution is 5.92. The molecule has 248 valence electrons. The Bertz CT molecular complexity index is 1740. The molecule has 0 fully saturated rings. The molecule has 1 atom stereocenters. The zero-order valence-corrected chi connectivity index (χ0v) is 26.3. The summed E-state index contributed by atoms with van der Waals surface area (Å²) >= 11 is 0. The van der Waals surface area contributed by atoms with Gasteiger partial charge in [0.15, 0.2) is 6.10 Å². The number of primary amides is 1. The van der Waals surface area contributed by atoms with E-state index in [1.54, 1.807) is 17.6 Å². The first-order chi connectivity index (χ1) is 22.0. The van der Waals surface area contributed by atoms with Crippen molar-refractivity contribution in [3.05, 3.63) is 73.6 Å². The summed E-state index contributed by atoms with van der Waals surface area (Å²) < 4.78 is 26.1. The van der Waals surface area contributed by atoms with Crippen LogP contribution in [0.15, 0.2) is 28.8 Å². The number of aryl methyl sites for hydroxylation is 2. The van der Waals surface area contributed by atoms with Gasteiger partial charge in [-0.25, -0.2) is 20.0 Å². The molecule has 0 saturated heterocycles. The van der Waals surface area contributed by atoms with Gasteiger partial charge in [0.1, 0.15) is 12.4 Å². The Morgan fingerprint density at radius 1 is 1.20 bits per heavy atom. The molecule has 0 saturated carbocycles. The number of benzene rings is 1. The number of aliphatic hydroxyl groups is 2. The Morgan fingerprint density at radius 2 is 1.91 bits per heavy atom. The predicted octanol–water partition coefficient (Wildman–Crippen LogP) is 1.32. The van der Waals surface area contributed by atoms with E-state index in [2.05, 4.69) is 0 Å². The first-order valence-corrected chi connectivity index (χ1v) is 15.2. The number of ether oxygens (including phenoxy) is 2. The first-order valence-electron chi connectivity index (χ1n) is 15.2. The van der Waals surface area contributed by atoms with Gasteiger partial charge in [0.05, 0.1) is 61.1 Å². The van der Waals surface area contributed by atoms with Crippen molar-refractivity contribution in [2.24, 2.45) is 17.3 Å². The molecule has 0 radical (unpaired) electrons. The van der Waals surface area contributed by atoms with Crippen molar-refractivity contribution >= 4 is 22.8 Å². The fourth-order valence-electron chi connectivity index (χ4n) is 5.86. The monoisotopic (exact) mass is 640 g/mol. The molecule has 1 amide bonds. The zero-order valence-electron chi connectivity index (χ0n) is 26.3. The summed E-state index contributed by atoms with van der Waals surface area (Å²) in [6.45, 7) is 6.69. The van der Waals surface area contributed by atoms with Crippen LogP contribution in [0.3, 0.4) is 0 Å². The lowest BCUT2D eigenvalue weighted by molar-refractivity contribution is -0.157. The minimum absolute atomic E-state index is 0.0528. The number of carbonyl (C=O) groups excluding carboxylic acids is 2. The number of carbonyl (C=O) groups is 2. The quantitative estimate of drug-likeness (QED) is 0.0803. The van der Waals surface area contributed by atoms with Crippen molar-refractivity contribution in [3.8, 4) is 11.4 Å². The molecular weight excluding hydrogens is 599 g/mol. The van der Waals surface area contributed by atoms with E-state index in [0.29, 0.717) is 46.8 Å². The molecule has 3 aliphatic rings. The van der Waals surface area contributed by atoms with Gasteiger partial charge in [-0.3, -0.25) is 9.59 Å². The predicted molar refractivity (Wildman–Crippen MR) is 168 cm³/mol. The Balaban J connectivity index is 0.000000242. The van der Waals surface area contributed by atoms with Gasteiger partial charge in [-0.2, -0.15) is 0 Å². The van der Waals surface area contributed by atoms with E-state index in [9.17, 15) is 23.9 Å². The SMILES string of the molecule is CC.Cc1c(F)cc2nc3c(c4c2c1CCC4)Cn1c-3cc2c(c1=O)COC(=O)C2O.NC(=O)CCOC/C(N)=C/N(N)CCO. The third kappa shape index (κ3) is 6.89. The van der Waals surface area contributed by atoms with Gasteiger partial charge in [0.2, 0.25) is 5.91 Å². The van der Waals surface area contributed by atoms with E-state index in [-0.39, 0.29) is 49.8 Å². The average Bonchev–Trinajstić information content (AvgIpc) is 3.40. The lowest BCUT2D eigenvalue weighted by Crippen LogP contribution is -2.32. The maximum absolute atomic E-state index is 14.5. The highest BCUT2D eigenvalue weighted by Crippen LogP contribution is 2.42. The van der Waals surface area contributed by atoms with Crippen molar-refractivity contribution < 1.29 is 33.7 Å². The second-order valence-electron chi connectivity index (χ2n) is 10.9. The molecule has 1 unspecified atom stereocenters. The normalized spacial score (nSPS) is 15.8. The number of fused-ring (bicyclic) bond motifs is 5. The van der Waals surface area contributed by atoms with Gasteiger partial charge in [-0.1, -0.05) is 13.8 Å². The van der Waals surface area contributed by atoms with Crippen LogP contribution in [0.1, 0.15) is 66.2 Å². The van der Waals surface area contributed by atoms with Crippen LogP contribution >= 0.6 is 0 Å². The highest BCUT2D eigenvalue weighted by atomic mass is 19.1. The largest absolute Gasteiger partial charge is 0.458 e. The fourth-order valence-corrected chi connectivity index (χ4v) is 5.86. The number of hydrogen-bond donors (Lipinski definition) is 5. The molecule has 8 N–H and O–H groups in total. The number of aliphatic hydroxyl groups excluding tert-OH is 2. The van der Waals surface area contributed by atoms with Crippen LogP contribution in [0.2, 0.25) is 0 Å². The van der Waals surface area contributed by atoms with Crippen LogP contribution in [0.5, 0.6) is 0 Å². The number of cyclic esters (lactones) is 1. The highest BCUT2D eigenvalue weighted by Gasteiger charge is 2.35. The second kappa shape index (κ2) is 14.8. The number of pyridine rings is 2. The van der Waals surface area contributed by atoms with E-state index in [4.69, 9.17) is 36.9 Å². The number of nitrogens with two attached hydrogens (primary N) is 3. The van der Waals surface area contributed by atoms with E-state index in [0.717, 1.165) is 41.3 Å². The number of hydrazine groups is 1. The van der Waals surface area contributed by atoms with Crippen LogP contribution in [-0.4, -0.2) is 63.0 Å². The Labute approximate surface area is 265 Å². The van der Waals surface area contributed by atoms with E-state index < -0.39 is 18.0 Å². The number of rotatable bonds is 8. The molecule has 1 aliphatic carbocycles. The second-order valence-corrected chi connectivity index (χ2v) is 10.9. The van der Waals surface area contributed by atoms with Crippen LogP contribution in [0.4, 0.5) is 4.39 Å². The van der Waals surface area contributed by atoms with Crippen molar-refractivity contribution in [1.29, 1.82) is 0 Å². The number of halogens is 1. The van der Waals surface area contributed by atoms with Gasteiger partial charge >= 0.3 is 5.97 Å². The maximum Gasteiger partial charge on any atom is 0.340 e. The zero-order chi connectivity index (χ0) is 33.7. The first kappa shape index (κ1) is 34.5. The molecular formula is C32H41FN6O7. The summed E-state index contributed by atoms with van der Waals surface area (Å²) in [5, 5.41) is 21.0. The minimum Gasteiger partial charge on any atom is -0.458 e. The molecule has 2 aromatic heterocycles. The molecule has 14 heteroatoms. The molecule has 6 rings (SSSR count). The molecule has 1 aromatic carbocycles. The standard InChI is InChI=1S/C22H17FN2O4.C8H18N4O3.C2H6/c1-9-10-3-2-4-11-13-7-25-17(19(13)24-16(18(10)11)6-15(9)23)5-12-14(21(25)27)8-29-22(28)20(12)26;9-7(5-12(11)2-3-13)6-15-4-1-8(10)14;1-2/h5-6,20,26H,2-4,7-8H2,1H3;5,13H,1-4,6,9,11H2,(H2,10,14);1-2H3/b;7-5-;. The maximum atomic E-state index is 14.5. The van der Waals surface area contributed by atoms with Crippen molar-refractivity contribution in [3.63, 3.8) is 0 Å². The van der Waals surface area contributed by atoms with Gasteiger partial charge in [-0.05, 0) is 48.9 Å². The topological polar surface area (TPSA) is 209 Å².